The van der Waals surface area contributed by atoms with Gasteiger partial charge in [0.15, 0.2) is 0 Å². The lowest BCUT2D eigenvalue weighted by molar-refractivity contribution is 0.422. The minimum absolute atomic E-state index is 0.138. The zero-order valence-electron chi connectivity index (χ0n) is 18.9. The van der Waals surface area contributed by atoms with Gasteiger partial charge < -0.3 is 5.11 Å². The average molecular weight is 387 g/mol. The molecule has 0 heterocycles. The first-order valence-electron chi connectivity index (χ1n) is 10.5. The molecule has 3 aromatic rings. The standard InChI is InChI=1S/C28H34O/c1-26(2,3)23-19-18-22(27(4,5)20-14-10-8-11-15-20)24(25(23)29)28(6,7)21-16-12-9-13-17-21/h8-19,29H,1-7H3. The fourth-order valence-corrected chi connectivity index (χ4v) is 4.36. The van der Waals surface area contributed by atoms with Crippen molar-refractivity contribution in [2.45, 2.75) is 64.7 Å². The van der Waals surface area contributed by atoms with E-state index in [9.17, 15) is 5.11 Å². The maximum absolute atomic E-state index is 11.6. The van der Waals surface area contributed by atoms with Gasteiger partial charge in [0.2, 0.25) is 0 Å². The van der Waals surface area contributed by atoms with E-state index in [1.54, 1.807) is 0 Å². The molecule has 0 saturated carbocycles. The lowest BCUT2D eigenvalue weighted by Crippen LogP contribution is -2.29. The highest BCUT2D eigenvalue weighted by molar-refractivity contribution is 5.59. The Morgan fingerprint density at radius 1 is 0.517 bits per heavy atom. The Labute approximate surface area is 176 Å². The average Bonchev–Trinajstić information content (AvgIpc) is 2.68. The molecule has 0 amide bonds. The van der Waals surface area contributed by atoms with Crippen LogP contribution < -0.4 is 0 Å². The molecule has 0 bridgehead atoms. The normalized spacial score (nSPS) is 12.8. The van der Waals surface area contributed by atoms with Crippen LogP contribution in [0.25, 0.3) is 0 Å². The zero-order chi connectivity index (χ0) is 21.4. The van der Waals surface area contributed by atoms with Crippen LogP contribution in [0.15, 0.2) is 72.8 Å². The van der Waals surface area contributed by atoms with Crippen LogP contribution in [0.4, 0.5) is 0 Å². The van der Waals surface area contributed by atoms with Gasteiger partial charge in [-0.1, -0.05) is 121 Å². The summed E-state index contributed by atoms with van der Waals surface area (Å²) in [4.78, 5) is 0. The molecule has 0 saturated heterocycles. The van der Waals surface area contributed by atoms with E-state index in [-0.39, 0.29) is 16.2 Å². The van der Waals surface area contributed by atoms with Crippen molar-refractivity contribution >= 4 is 0 Å². The largest absolute Gasteiger partial charge is 0.507 e. The van der Waals surface area contributed by atoms with E-state index in [1.807, 2.05) is 6.07 Å². The summed E-state index contributed by atoms with van der Waals surface area (Å²) < 4.78 is 0. The smallest absolute Gasteiger partial charge is 0.123 e. The molecule has 0 unspecified atom stereocenters. The van der Waals surface area contributed by atoms with Gasteiger partial charge in [-0.05, 0) is 27.7 Å². The second-order valence-electron chi connectivity index (χ2n) is 10.1. The SMILES string of the molecule is CC(C)(C)c1ccc(C(C)(C)c2ccccc2)c(C(C)(C)c2ccccc2)c1O. The fraction of sp³-hybridized carbons (Fsp3) is 0.357. The summed E-state index contributed by atoms with van der Waals surface area (Å²) >= 11 is 0. The first kappa shape index (κ1) is 21.2. The van der Waals surface area contributed by atoms with Crippen LogP contribution in [0.3, 0.4) is 0 Å². The first-order valence-corrected chi connectivity index (χ1v) is 10.5. The van der Waals surface area contributed by atoms with Crippen LogP contribution in [0.5, 0.6) is 5.75 Å². The first-order chi connectivity index (χ1) is 13.5. The van der Waals surface area contributed by atoms with Gasteiger partial charge in [0.25, 0.3) is 0 Å². The molecule has 29 heavy (non-hydrogen) atoms. The summed E-state index contributed by atoms with van der Waals surface area (Å²) in [5.74, 6) is 0.424. The van der Waals surface area contributed by atoms with Crippen molar-refractivity contribution in [1.82, 2.24) is 0 Å². The van der Waals surface area contributed by atoms with Gasteiger partial charge in [-0.15, -0.1) is 0 Å². The predicted octanol–water partition coefficient (Wildman–Crippen LogP) is 7.34. The van der Waals surface area contributed by atoms with Crippen molar-refractivity contribution in [1.29, 1.82) is 0 Å². The molecular formula is C28H34O. The Balaban J connectivity index is 2.35. The second-order valence-corrected chi connectivity index (χ2v) is 10.1. The molecular weight excluding hydrogens is 352 g/mol. The van der Waals surface area contributed by atoms with E-state index in [4.69, 9.17) is 0 Å². The topological polar surface area (TPSA) is 20.2 Å². The molecule has 0 radical (unpaired) electrons. The fourth-order valence-electron chi connectivity index (χ4n) is 4.36. The van der Waals surface area contributed by atoms with Gasteiger partial charge in [-0.3, -0.25) is 0 Å². The van der Waals surface area contributed by atoms with Gasteiger partial charge in [-0.25, -0.2) is 0 Å². The Morgan fingerprint density at radius 3 is 1.38 bits per heavy atom. The molecule has 1 N–H and O–H groups in total. The van der Waals surface area contributed by atoms with Crippen LogP contribution in [0.2, 0.25) is 0 Å². The van der Waals surface area contributed by atoms with Gasteiger partial charge in [-0.2, -0.15) is 0 Å². The molecule has 0 aliphatic rings. The van der Waals surface area contributed by atoms with E-state index in [1.165, 1.54) is 16.7 Å². The van der Waals surface area contributed by atoms with E-state index in [2.05, 4.69) is 115 Å². The minimum Gasteiger partial charge on any atom is -0.507 e. The lowest BCUT2D eigenvalue weighted by atomic mass is 9.66. The summed E-state index contributed by atoms with van der Waals surface area (Å²) in [6.45, 7) is 15.4. The number of hydrogen-bond donors (Lipinski definition) is 1. The number of phenols is 1. The lowest BCUT2D eigenvalue weighted by Gasteiger charge is -2.37. The van der Waals surface area contributed by atoms with E-state index in [0.717, 1.165) is 11.1 Å². The van der Waals surface area contributed by atoms with Gasteiger partial charge in [0.05, 0.1) is 0 Å². The molecule has 3 rings (SSSR count). The van der Waals surface area contributed by atoms with Crippen molar-refractivity contribution < 1.29 is 5.11 Å². The third-order valence-corrected chi connectivity index (χ3v) is 6.28. The summed E-state index contributed by atoms with van der Waals surface area (Å²) in [5, 5.41) is 11.6. The maximum atomic E-state index is 11.6. The van der Waals surface area contributed by atoms with E-state index in [0.29, 0.717) is 5.75 Å². The number of hydrogen-bond acceptors (Lipinski definition) is 1. The maximum Gasteiger partial charge on any atom is 0.123 e. The Kier molecular flexibility index (Phi) is 5.38. The Morgan fingerprint density at radius 2 is 0.931 bits per heavy atom. The molecule has 0 aromatic heterocycles. The van der Waals surface area contributed by atoms with Crippen LogP contribution in [-0.4, -0.2) is 5.11 Å². The summed E-state index contributed by atoms with van der Waals surface area (Å²) in [5.41, 5.74) is 4.91. The summed E-state index contributed by atoms with van der Waals surface area (Å²) in [7, 11) is 0. The highest BCUT2D eigenvalue weighted by Crippen LogP contribution is 2.48. The minimum atomic E-state index is -0.339. The van der Waals surface area contributed by atoms with E-state index >= 15 is 0 Å². The second kappa shape index (κ2) is 7.37. The molecule has 0 aliphatic heterocycles. The molecule has 0 aliphatic carbocycles. The third kappa shape index (κ3) is 3.83. The molecule has 152 valence electrons. The molecule has 0 atom stereocenters. The Bertz CT molecular complexity index is 974. The van der Waals surface area contributed by atoms with Gasteiger partial charge in [0.1, 0.15) is 5.75 Å². The quantitative estimate of drug-likeness (QED) is 0.497. The monoisotopic (exact) mass is 386 g/mol. The van der Waals surface area contributed by atoms with Crippen molar-refractivity contribution in [2.24, 2.45) is 0 Å². The zero-order valence-corrected chi connectivity index (χ0v) is 18.9. The molecule has 3 aromatic carbocycles. The molecule has 0 spiro atoms. The Hall–Kier alpha value is -2.54. The van der Waals surface area contributed by atoms with Gasteiger partial charge in [0, 0.05) is 16.4 Å². The number of benzene rings is 3. The van der Waals surface area contributed by atoms with Crippen molar-refractivity contribution in [2.75, 3.05) is 0 Å². The molecule has 1 heteroatoms. The van der Waals surface area contributed by atoms with E-state index < -0.39 is 0 Å². The van der Waals surface area contributed by atoms with Gasteiger partial charge >= 0.3 is 0 Å². The third-order valence-electron chi connectivity index (χ3n) is 6.28. The molecule has 0 fully saturated rings. The highest BCUT2D eigenvalue weighted by Gasteiger charge is 2.37. The molecule has 1 nitrogen and oxygen atoms in total. The summed E-state index contributed by atoms with van der Waals surface area (Å²) in [6, 6.07) is 25.4. The van der Waals surface area contributed by atoms with Crippen LogP contribution >= 0.6 is 0 Å². The summed E-state index contributed by atoms with van der Waals surface area (Å²) in [6.07, 6.45) is 0. The van der Waals surface area contributed by atoms with Crippen LogP contribution in [0, 0.1) is 0 Å². The highest BCUT2D eigenvalue weighted by atomic mass is 16.3. The van der Waals surface area contributed by atoms with Crippen molar-refractivity contribution in [3.63, 3.8) is 0 Å². The van der Waals surface area contributed by atoms with Crippen LogP contribution in [-0.2, 0) is 16.2 Å². The number of rotatable bonds is 4. The van der Waals surface area contributed by atoms with Crippen molar-refractivity contribution in [3.05, 3.63) is 101 Å². The van der Waals surface area contributed by atoms with Crippen molar-refractivity contribution in [3.8, 4) is 5.75 Å². The number of aromatic hydroxyl groups is 1. The van der Waals surface area contributed by atoms with Crippen LogP contribution in [0.1, 0.15) is 76.3 Å². The predicted molar refractivity (Wildman–Crippen MR) is 124 cm³/mol. The number of phenolic OH excluding ortho intramolecular Hbond substituents is 1.